The highest BCUT2D eigenvalue weighted by atomic mass is 16.5. The Morgan fingerprint density at radius 2 is 2.06 bits per heavy atom. The number of hydrogen-bond acceptors (Lipinski definition) is 6. The Bertz CT molecular complexity index is 856. The smallest absolute Gasteiger partial charge is 0.276 e. The number of ether oxygens (including phenoxy) is 2. The molecule has 1 aliphatic rings. The Morgan fingerprint density at radius 3 is 2.71 bits per heavy atom. The maximum Gasteiger partial charge on any atom is 0.276 e. The summed E-state index contributed by atoms with van der Waals surface area (Å²) in [5.41, 5.74) is 1.03. The summed E-state index contributed by atoms with van der Waals surface area (Å²) < 4.78 is 16.1. The van der Waals surface area contributed by atoms with E-state index < -0.39 is 0 Å². The lowest BCUT2D eigenvalue weighted by Gasteiger charge is -2.23. The van der Waals surface area contributed by atoms with Gasteiger partial charge in [0.2, 0.25) is 5.91 Å². The van der Waals surface area contributed by atoms with Crippen molar-refractivity contribution in [2.24, 2.45) is 5.92 Å². The van der Waals surface area contributed by atoms with Gasteiger partial charge < -0.3 is 24.2 Å². The van der Waals surface area contributed by atoms with Crippen LogP contribution in [0.1, 0.15) is 43.6 Å². The van der Waals surface area contributed by atoms with Crippen LogP contribution in [0.25, 0.3) is 11.3 Å². The third-order valence-electron chi connectivity index (χ3n) is 5.14. The van der Waals surface area contributed by atoms with Gasteiger partial charge in [0, 0.05) is 44.3 Å². The molecule has 1 N–H and O–H groups in total. The van der Waals surface area contributed by atoms with Gasteiger partial charge in [-0.2, -0.15) is 0 Å². The number of benzene rings is 1. The van der Waals surface area contributed by atoms with Gasteiger partial charge >= 0.3 is 0 Å². The predicted molar refractivity (Wildman–Crippen MR) is 116 cm³/mol. The average Bonchev–Trinajstić information content (AvgIpc) is 3.47. The lowest BCUT2D eigenvalue weighted by atomic mass is 10.1. The van der Waals surface area contributed by atoms with Crippen LogP contribution in [-0.4, -0.2) is 61.3 Å². The molecule has 0 spiro atoms. The average molecular weight is 430 g/mol. The molecule has 8 nitrogen and oxygen atoms in total. The standard InChI is InChI=1S/C23H31N3O5/c1-16(2)15-26(11-10-22(27)24-14-19-5-4-12-30-19)23(28)20-13-21(31-25-20)17-6-8-18(29-3)9-7-17/h6-9,13,16,19H,4-5,10-12,14-15H2,1-3H3,(H,24,27)/t19-/m1/s1. The molecule has 0 saturated carbocycles. The summed E-state index contributed by atoms with van der Waals surface area (Å²) in [7, 11) is 1.60. The van der Waals surface area contributed by atoms with E-state index in [1.165, 1.54) is 0 Å². The Morgan fingerprint density at radius 1 is 1.29 bits per heavy atom. The fourth-order valence-electron chi connectivity index (χ4n) is 3.50. The number of rotatable bonds is 10. The second-order valence-corrected chi connectivity index (χ2v) is 8.14. The molecule has 1 fully saturated rings. The molecular weight excluding hydrogens is 398 g/mol. The molecule has 31 heavy (non-hydrogen) atoms. The van der Waals surface area contributed by atoms with E-state index in [4.69, 9.17) is 14.0 Å². The van der Waals surface area contributed by atoms with Crippen molar-refractivity contribution in [3.63, 3.8) is 0 Å². The van der Waals surface area contributed by atoms with E-state index in [1.54, 1.807) is 18.1 Å². The molecular formula is C23H31N3O5. The van der Waals surface area contributed by atoms with Gasteiger partial charge in [-0.1, -0.05) is 19.0 Å². The number of carbonyl (C=O) groups is 2. The highest BCUT2D eigenvalue weighted by molar-refractivity contribution is 5.93. The molecule has 0 aliphatic carbocycles. The summed E-state index contributed by atoms with van der Waals surface area (Å²) in [5, 5.41) is 6.87. The van der Waals surface area contributed by atoms with Crippen LogP contribution in [0.3, 0.4) is 0 Å². The van der Waals surface area contributed by atoms with Crippen molar-refractivity contribution in [1.29, 1.82) is 0 Å². The third kappa shape index (κ3) is 6.55. The summed E-state index contributed by atoms with van der Waals surface area (Å²) in [6.07, 6.45) is 2.34. The summed E-state index contributed by atoms with van der Waals surface area (Å²) in [4.78, 5) is 26.9. The molecule has 1 aromatic carbocycles. The first-order valence-electron chi connectivity index (χ1n) is 10.7. The maximum absolute atomic E-state index is 13.0. The first-order valence-corrected chi connectivity index (χ1v) is 10.7. The maximum atomic E-state index is 13.0. The first kappa shape index (κ1) is 22.8. The Balaban J connectivity index is 1.59. The van der Waals surface area contributed by atoms with Gasteiger partial charge in [0.25, 0.3) is 5.91 Å². The zero-order valence-corrected chi connectivity index (χ0v) is 18.4. The number of hydrogen-bond donors (Lipinski definition) is 1. The van der Waals surface area contributed by atoms with Gasteiger partial charge in [-0.25, -0.2) is 0 Å². The monoisotopic (exact) mass is 429 g/mol. The molecule has 1 saturated heterocycles. The number of nitrogens with zero attached hydrogens (tertiary/aromatic N) is 2. The zero-order valence-electron chi connectivity index (χ0n) is 18.4. The van der Waals surface area contributed by atoms with E-state index in [9.17, 15) is 9.59 Å². The highest BCUT2D eigenvalue weighted by Gasteiger charge is 2.22. The van der Waals surface area contributed by atoms with E-state index in [0.717, 1.165) is 30.8 Å². The normalized spacial score (nSPS) is 15.8. The van der Waals surface area contributed by atoms with Crippen molar-refractivity contribution in [3.05, 3.63) is 36.0 Å². The van der Waals surface area contributed by atoms with E-state index in [0.29, 0.717) is 25.4 Å². The van der Waals surface area contributed by atoms with Gasteiger partial charge in [0.15, 0.2) is 11.5 Å². The summed E-state index contributed by atoms with van der Waals surface area (Å²) in [6, 6.07) is 8.96. The number of amides is 2. The molecule has 0 bridgehead atoms. The van der Waals surface area contributed by atoms with E-state index in [-0.39, 0.29) is 36.0 Å². The van der Waals surface area contributed by atoms with Gasteiger partial charge in [-0.15, -0.1) is 0 Å². The van der Waals surface area contributed by atoms with Crippen LogP contribution in [0.5, 0.6) is 5.75 Å². The molecule has 1 aromatic heterocycles. The zero-order chi connectivity index (χ0) is 22.2. The summed E-state index contributed by atoms with van der Waals surface area (Å²) in [6.45, 7) is 6.19. The van der Waals surface area contributed by atoms with Crippen LogP contribution in [0.4, 0.5) is 0 Å². The SMILES string of the molecule is COc1ccc(-c2cc(C(=O)N(CCC(=O)NC[C@H]3CCCO3)CC(C)C)no2)cc1. The third-order valence-corrected chi connectivity index (χ3v) is 5.14. The van der Waals surface area contributed by atoms with Crippen molar-refractivity contribution >= 4 is 11.8 Å². The number of nitrogens with one attached hydrogen (secondary N) is 1. The van der Waals surface area contributed by atoms with Crippen LogP contribution in [0, 0.1) is 5.92 Å². The molecule has 1 atom stereocenters. The Hall–Kier alpha value is -2.87. The van der Waals surface area contributed by atoms with Gasteiger partial charge in [-0.05, 0) is 43.0 Å². The second-order valence-electron chi connectivity index (χ2n) is 8.14. The predicted octanol–water partition coefficient (Wildman–Crippen LogP) is 3.13. The lowest BCUT2D eigenvalue weighted by Crippen LogP contribution is -2.39. The number of methoxy groups -OCH3 is 1. The van der Waals surface area contributed by atoms with Gasteiger partial charge in [0.05, 0.1) is 13.2 Å². The minimum Gasteiger partial charge on any atom is -0.497 e. The largest absolute Gasteiger partial charge is 0.497 e. The minimum atomic E-state index is -0.246. The van der Waals surface area contributed by atoms with E-state index in [2.05, 4.69) is 10.5 Å². The summed E-state index contributed by atoms with van der Waals surface area (Å²) >= 11 is 0. The molecule has 168 valence electrons. The van der Waals surface area contributed by atoms with Crippen molar-refractivity contribution in [2.45, 2.75) is 39.2 Å². The Kier molecular flexibility index (Phi) is 8.06. The van der Waals surface area contributed by atoms with E-state index >= 15 is 0 Å². The molecule has 0 unspecified atom stereocenters. The van der Waals surface area contributed by atoms with Crippen molar-refractivity contribution < 1.29 is 23.6 Å². The van der Waals surface area contributed by atoms with Crippen LogP contribution in [0.15, 0.2) is 34.9 Å². The molecule has 8 heteroatoms. The van der Waals surface area contributed by atoms with Gasteiger partial charge in [0.1, 0.15) is 5.75 Å². The fraction of sp³-hybridized carbons (Fsp3) is 0.522. The Labute approximate surface area is 182 Å². The molecule has 0 radical (unpaired) electrons. The molecule has 3 rings (SSSR count). The van der Waals surface area contributed by atoms with Crippen LogP contribution in [0.2, 0.25) is 0 Å². The van der Waals surface area contributed by atoms with Crippen molar-refractivity contribution in [1.82, 2.24) is 15.4 Å². The molecule has 1 aliphatic heterocycles. The number of carbonyl (C=O) groups excluding carboxylic acids is 2. The van der Waals surface area contributed by atoms with E-state index in [1.807, 2.05) is 38.1 Å². The quantitative estimate of drug-likeness (QED) is 0.624. The molecule has 2 aromatic rings. The highest BCUT2D eigenvalue weighted by Crippen LogP contribution is 2.23. The van der Waals surface area contributed by atoms with Crippen LogP contribution < -0.4 is 10.1 Å². The topological polar surface area (TPSA) is 93.9 Å². The molecule has 2 heterocycles. The van der Waals surface area contributed by atoms with Crippen LogP contribution in [-0.2, 0) is 9.53 Å². The fourth-order valence-corrected chi connectivity index (χ4v) is 3.50. The summed E-state index contributed by atoms with van der Waals surface area (Å²) in [5.74, 6) is 1.16. The first-order chi connectivity index (χ1) is 15.0. The van der Waals surface area contributed by atoms with Crippen molar-refractivity contribution in [3.8, 4) is 17.1 Å². The second kappa shape index (κ2) is 10.9. The lowest BCUT2D eigenvalue weighted by molar-refractivity contribution is -0.121. The van der Waals surface area contributed by atoms with Crippen molar-refractivity contribution in [2.75, 3.05) is 33.4 Å². The minimum absolute atomic E-state index is 0.0869. The van der Waals surface area contributed by atoms with Crippen LogP contribution >= 0.6 is 0 Å². The molecule has 2 amide bonds. The van der Waals surface area contributed by atoms with Gasteiger partial charge in [-0.3, -0.25) is 9.59 Å². The number of aromatic nitrogens is 1.